The SMILES string of the molecule is [CH2]C[AsH]C(=O)O. The van der Waals surface area contributed by atoms with Gasteiger partial charge in [0.05, 0.1) is 0 Å². The van der Waals surface area contributed by atoms with Crippen LogP contribution in [0.15, 0.2) is 0 Å². The molecule has 6 heavy (non-hydrogen) atoms. The van der Waals surface area contributed by atoms with E-state index in [-0.39, 0.29) is 0 Å². The fourth-order valence-corrected chi connectivity index (χ4v) is 0.556. The van der Waals surface area contributed by atoms with Gasteiger partial charge in [0.1, 0.15) is 0 Å². The second-order valence-corrected chi connectivity index (χ2v) is 3.42. The van der Waals surface area contributed by atoms with Crippen molar-refractivity contribution in [3.8, 4) is 0 Å². The van der Waals surface area contributed by atoms with Crippen LogP contribution >= 0.6 is 0 Å². The summed E-state index contributed by atoms with van der Waals surface area (Å²) in [6.07, 6.45) is 0. The van der Waals surface area contributed by atoms with Crippen molar-refractivity contribution in [1.82, 2.24) is 0 Å². The maximum absolute atomic E-state index is 9.61. The molecular formula is C3H6AsO2. The van der Waals surface area contributed by atoms with Crippen LogP contribution in [0.4, 0.5) is 4.79 Å². The zero-order chi connectivity index (χ0) is 4.99. The Bertz CT molecular complexity index is 52.8. The molecule has 0 heterocycles. The fourth-order valence-electron chi connectivity index (χ4n) is 0.107. The van der Waals surface area contributed by atoms with E-state index in [1.807, 2.05) is 0 Å². The Morgan fingerprint density at radius 2 is 2.50 bits per heavy atom. The van der Waals surface area contributed by atoms with Crippen LogP contribution in [0.5, 0.6) is 0 Å². The van der Waals surface area contributed by atoms with Gasteiger partial charge >= 0.3 is 42.5 Å². The van der Waals surface area contributed by atoms with Crippen LogP contribution < -0.4 is 0 Å². The minimum absolute atomic E-state index is 0.606. The van der Waals surface area contributed by atoms with Crippen molar-refractivity contribution in [2.24, 2.45) is 0 Å². The van der Waals surface area contributed by atoms with Crippen molar-refractivity contribution in [1.29, 1.82) is 0 Å². The van der Waals surface area contributed by atoms with E-state index in [2.05, 4.69) is 6.92 Å². The zero-order valence-electron chi connectivity index (χ0n) is 3.27. The Morgan fingerprint density at radius 1 is 2.00 bits per heavy atom. The van der Waals surface area contributed by atoms with E-state index in [0.29, 0.717) is 5.21 Å². The molecule has 3 heteroatoms. The normalized spacial score (nSPS) is 10.2. The summed E-state index contributed by atoms with van der Waals surface area (Å²) in [5.41, 5.74) is 0. The van der Waals surface area contributed by atoms with Gasteiger partial charge < -0.3 is 0 Å². The molecule has 2 nitrogen and oxygen atoms in total. The van der Waals surface area contributed by atoms with Crippen molar-refractivity contribution < 1.29 is 9.90 Å². The molecule has 0 saturated carbocycles. The van der Waals surface area contributed by atoms with E-state index in [1.54, 1.807) is 0 Å². The molecule has 0 bridgehead atoms. The average Bonchev–Trinajstić information content (AvgIpc) is 1.35. The summed E-state index contributed by atoms with van der Waals surface area (Å²) in [5.74, 6) is 0. The van der Waals surface area contributed by atoms with Crippen LogP contribution in [0.3, 0.4) is 0 Å². The summed E-state index contributed by atoms with van der Waals surface area (Å²) >= 11 is -0.736. The molecule has 0 aromatic rings. The van der Waals surface area contributed by atoms with E-state index in [9.17, 15) is 4.79 Å². The van der Waals surface area contributed by atoms with Gasteiger partial charge in [-0.3, -0.25) is 0 Å². The van der Waals surface area contributed by atoms with Gasteiger partial charge in [-0.15, -0.1) is 0 Å². The number of carboxylic acid groups (broad SMARTS) is 1. The van der Waals surface area contributed by atoms with Gasteiger partial charge in [-0.25, -0.2) is 0 Å². The standard InChI is InChI=1S/C3H6AsO2/c1-2-4-3(5)6/h4H,1-2H2,(H,5,6). The molecule has 1 unspecified atom stereocenters. The first-order chi connectivity index (χ1) is 2.77. The van der Waals surface area contributed by atoms with Crippen molar-refractivity contribution >= 4 is 20.5 Å². The van der Waals surface area contributed by atoms with Gasteiger partial charge in [0.25, 0.3) is 0 Å². The third-order valence-electron chi connectivity index (χ3n) is 0.276. The third-order valence-corrected chi connectivity index (χ3v) is 1.44. The molecule has 0 spiro atoms. The van der Waals surface area contributed by atoms with Crippen molar-refractivity contribution in [3.05, 3.63) is 6.92 Å². The Morgan fingerprint density at radius 3 is 2.50 bits per heavy atom. The minimum atomic E-state index is -0.736. The first-order valence-corrected chi connectivity index (χ1v) is 4.06. The molecular weight excluding hydrogens is 143 g/mol. The Hall–Kier alpha value is 0.0284. The summed E-state index contributed by atoms with van der Waals surface area (Å²) in [7, 11) is 0. The molecule has 1 radical (unpaired) electrons. The zero-order valence-corrected chi connectivity index (χ0v) is 5.37. The van der Waals surface area contributed by atoms with Gasteiger partial charge in [0, 0.05) is 0 Å². The number of rotatable bonds is 2. The molecule has 1 N–H and O–H groups in total. The number of hydrogen-bond acceptors (Lipinski definition) is 1. The monoisotopic (exact) mass is 149 g/mol. The van der Waals surface area contributed by atoms with Crippen molar-refractivity contribution in [2.75, 3.05) is 0 Å². The molecule has 0 aliphatic heterocycles. The third kappa shape index (κ3) is 4.03. The quantitative estimate of drug-likeness (QED) is 0.575. The predicted molar refractivity (Wildman–Crippen MR) is 25.3 cm³/mol. The number of carbonyl (C=O) groups is 1. The molecule has 0 aromatic carbocycles. The van der Waals surface area contributed by atoms with Crippen LogP contribution in [0.2, 0.25) is 5.21 Å². The summed E-state index contributed by atoms with van der Waals surface area (Å²) in [6.45, 7) is 3.40. The van der Waals surface area contributed by atoms with E-state index < -0.39 is 20.5 Å². The Kier molecular flexibility index (Phi) is 3.24. The molecule has 0 rings (SSSR count). The van der Waals surface area contributed by atoms with Crippen molar-refractivity contribution in [3.63, 3.8) is 0 Å². The molecule has 0 saturated heterocycles. The summed E-state index contributed by atoms with van der Waals surface area (Å²) in [6, 6.07) is 0. The van der Waals surface area contributed by atoms with Crippen LogP contribution in [-0.2, 0) is 0 Å². The second-order valence-electron chi connectivity index (χ2n) is 0.732. The summed E-state index contributed by atoms with van der Waals surface area (Å²) in [4.78, 5) is 9.61. The van der Waals surface area contributed by atoms with E-state index >= 15 is 0 Å². The van der Waals surface area contributed by atoms with Crippen LogP contribution in [0.25, 0.3) is 0 Å². The molecule has 1 atom stereocenters. The van der Waals surface area contributed by atoms with Crippen LogP contribution in [0.1, 0.15) is 0 Å². The fraction of sp³-hybridized carbons (Fsp3) is 0.333. The van der Waals surface area contributed by atoms with Gasteiger partial charge in [-0.1, -0.05) is 0 Å². The molecule has 0 aromatic heterocycles. The van der Waals surface area contributed by atoms with Crippen molar-refractivity contribution in [2.45, 2.75) is 5.21 Å². The molecule has 0 amide bonds. The van der Waals surface area contributed by atoms with E-state index in [4.69, 9.17) is 5.11 Å². The molecule has 0 aliphatic rings. The first kappa shape index (κ1) is 6.03. The van der Waals surface area contributed by atoms with Crippen LogP contribution in [-0.4, -0.2) is 25.6 Å². The topological polar surface area (TPSA) is 37.3 Å². The number of hydrogen-bond donors (Lipinski definition) is 1. The van der Waals surface area contributed by atoms with Gasteiger partial charge in [0.2, 0.25) is 0 Å². The molecule has 35 valence electrons. The summed E-state index contributed by atoms with van der Waals surface area (Å²) < 4.78 is -0.648. The second kappa shape index (κ2) is 3.23. The van der Waals surface area contributed by atoms with Crippen LogP contribution in [0, 0.1) is 6.92 Å². The van der Waals surface area contributed by atoms with Gasteiger partial charge in [-0.05, 0) is 0 Å². The van der Waals surface area contributed by atoms with E-state index in [0.717, 1.165) is 0 Å². The molecule has 0 fully saturated rings. The predicted octanol–water partition coefficient (Wildman–Crippen LogP) is 0.353. The maximum atomic E-state index is 9.61. The Labute approximate surface area is 43.2 Å². The molecule has 0 aliphatic carbocycles. The first-order valence-electron chi connectivity index (χ1n) is 1.53. The van der Waals surface area contributed by atoms with E-state index in [1.165, 1.54) is 0 Å². The summed E-state index contributed by atoms with van der Waals surface area (Å²) in [5, 5.41) is 8.54. The Balaban J connectivity index is 2.83. The van der Waals surface area contributed by atoms with Gasteiger partial charge in [0.15, 0.2) is 0 Å². The van der Waals surface area contributed by atoms with Gasteiger partial charge in [-0.2, -0.15) is 0 Å². The average molecular weight is 149 g/mol.